The van der Waals surface area contributed by atoms with Crippen LogP contribution in [0.4, 0.5) is 15.9 Å². The van der Waals surface area contributed by atoms with E-state index in [0.29, 0.717) is 22.0 Å². The summed E-state index contributed by atoms with van der Waals surface area (Å²) in [5.41, 5.74) is 0.610. The van der Waals surface area contributed by atoms with Crippen LogP contribution in [0.3, 0.4) is 0 Å². The Bertz CT molecular complexity index is 1320. The van der Waals surface area contributed by atoms with Gasteiger partial charge in [-0.25, -0.2) is 4.39 Å². The molecule has 0 aliphatic rings. The zero-order chi connectivity index (χ0) is 28.4. The Labute approximate surface area is 214 Å². The number of anilines is 2. The minimum Gasteiger partial charge on any atom is -0.491 e. The summed E-state index contributed by atoms with van der Waals surface area (Å²) in [6.45, 7) is 6.30. The summed E-state index contributed by atoms with van der Waals surface area (Å²) in [4.78, 5) is 25.6. The second-order valence-electron chi connectivity index (χ2n) is 8.76. The Morgan fingerprint density at radius 3 is 2.57 bits per heavy atom. The molecule has 3 rings (SSSR count). The molecule has 0 aliphatic heterocycles. The monoisotopic (exact) mass is 503 g/mol. The lowest BCUT2D eigenvalue weighted by Gasteiger charge is -2.23. The molecule has 0 radical (unpaired) electrons. The minimum atomic E-state index is -2.99. The number of benzene rings is 2. The van der Waals surface area contributed by atoms with E-state index in [9.17, 15) is 14.0 Å². The Balaban J connectivity index is 2.21. The van der Waals surface area contributed by atoms with Gasteiger partial charge in [-0.05, 0) is 44.0 Å². The van der Waals surface area contributed by atoms with E-state index < -0.39 is 24.3 Å². The van der Waals surface area contributed by atoms with Crippen LogP contribution in [0.15, 0.2) is 42.5 Å². The molecule has 0 bridgehead atoms. The fourth-order valence-corrected chi connectivity index (χ4v) is 3.64. The zero-order valence-electron chi connectivity index (χ0n) is 23.2. The molecule has 0 spiro atoms. The van der Waals surface area contributed by atoms with E-state index in [1.54, 1.807) is 22.9 Å². The molecule has 3 aromatic rings. The molecule has 0 fully saturated rings. The molecule has 0 saturated carbocycles. The highest BCUT2D eigenvalue weighted by Gasteiger charge is 2.24. The summed E-state index contributed by atoms with van der Waals surface area (Å²) in [7, 11) is 0. The molecule has 7 nitrogen and oxygen atoms in total. The Kier molecular flexibility index (Phi) is 6.88. The number of amides is 2. The second kappa shape index (κ2) is 10.9. The van der Waals surface area contributed by atoms with E-state index >= 15 is 0 Å². The minimum absolute atomic E-state index is 0.0728. The predicted molar refractivity (Wildman–Crippen MR) is 137 cm³/mol. The van der Waals surface area contributed by atoms with Crippen molar-refractivity contribution >= 4 is 34.9 Å². The van der Waals surface area contributed by atoms with E-state index in [1.165, 1.54) is 25.1 Å². The summed E-state index contributed by atoms with van der Waals surface area (Å²) < 4.78 is 46.6. The zero-order valence-corrected chi connectivity index (χ0v) is 21.0. The van der Waals surface area contributed by atoms with Gasteiger partial charge in [-0.1, -0.05) is 37.6 Å². The van der Waals surface area contributed by atoms with Gasteiger partial charge in [-0.2, -0.15) is 5.10 Å². The van der Waals surface area contributed by atoms with Crippen molar-refractivity contribution in [3.8, 4) is 17.0 Å². The van der Waals surface area contributed by atoms with Crippen molar-refractivity contribution in [1.29, 1.82) is 0 Å². The molecular weight excluding hydrogens is 471 g/mol. The number of halogens is 2. The van der Waals surface area contributed by atoms with Crippen LogP contribution in [-0.4, -0.2) is 35.2 Å². The van der Waals surface area contributed by atoms with Crippen LogP contribution in [0.2, 0.25) is 5.02 Å². The van der Waals surface area contributed by atoms with Crippen molar-refractivity contribution in [1.82, 2.24) is 9.78 Å². The van der Waals surface area contributed by atoms with Crippen molar-refractivity contribution < 1.29 is 22.8 Å². The van der Waals surface area contributed by atoms with Crippen LogP contribution in [-0.2, 0) is 4.79 Å². The molecule has 2 amide bonds. The van der Waals surface area contributed by atoms with Gasteiger partial charge in [0.05, 0.1) is 28.6 Å². The number of carbonyl (C=O) groups is 2. The van der Waals surface area contributed by atoms with Crippen LogP contribution < -0.4 is 15.0 Å². The first-order chi connectivity index (χ1) is 17.7. The van der Waals surface area contributed by atoms with E-state index in [2.05, 4.69) is 10.4 Å². The first kappa shape index (κ1) is 22.1. The van der Waals surface area contributed by atoms with E-state index in [-0.39, 0.29) is 40.9 Å². The smallest absolute Gasteiger partial charge is 0.262 e. The van der Waals surface area contributed by atoms with Gasteiger partial charge in [0.15, 0.2) is 5.82 Å². The lowest BCUT2D eigenvalue weighted by atomic mass is 10.1. The van der Waals surface area contributed by atoms with E-state index in [4.69, 9.17) is 20.5 Å². The van der Waals surface area contributed by atoms with Gasteiger partial charge < -0.3 is 15.0 Å². The standard InChI is InChI=1S/C26H30ClFN4O3/c1-15(2)14-35-23-12-18(22-13-24(29-17(5)33)30-32(22)16(3)4)10-11-21(23)31(6)26(34)25-19(27)8-7-9-20(25)28/h7-13,15-16H,14H2,1-6H3,(H,29,30,33)/i6D3. The topological polar surface area (TPSA) is 76.5 Å². The lowest BCUT2D eigenvalue weighted by molar-refractivity contribution is -0.114. The van der Waals surface area contributed by atoms with Crippen molar-refractivity contribution in [2.45, 2.75) is 40.7 Å². The first-order valence-corrected chi connectivity index (χ1v) is 11.5. The third-order valence-corrected chi connectivity index (χ3v) is 5.29. The first-order valence-electron chi connectivity index (χ1n) is 12.6. The number of nitrogens with one attached hydrogen (secondary N) is 1. The highest BCUT2D eigenvalue weighted by molar-refractivity contribution is 6.34. The predicted octanol–water partition coefficient (Wildman–Crippen LogP) is 6.19. The molecule has 0 atom stereocenters. The summed E-state index contributed by atoms with van der Waals surface area (Å²) >= 11 is 6.10. The van der Waals surface area contributed by atoms with Gasteiger partial charge in [-0.15, -0.1) is 0 Å². The van der Waals surface area contributed by atoms with Crippen molar-refractivity contribution in [2.75, 3.05) is 23.8 Å². The molecule has 0 aliphatic carbocycles. The van der Waals surface area contributed by atoms with Gasteiger partial charge in [-0.3, -0.25) is 14.3 Å². The number of carbonyl (C=O) groups excluding carboxylic acids is 2. The van der Waals surface area contributed by atoms with Crippen LogP contribution in [0.25, 0.3) is 11.3 Å². The SMILES string of the molecule is [2H]C([2H])([2H])N(C(=O)c1c(F)cccc1Cl)c1ccc(-c2cc(NC(C)=O)nn2C(C)C)cc1OCC(C)C. The second-order valence-corrected chi connectivity index (χ2v) is 9.17. The lowest BCUT2D eigenvalue weighted by Crippen LogP contribution is -2.28. The molecule has 35 heavy (non-hydrogen) atoms. The number of rotatable bonds is 8. The summed E-state index contributed by atoms with van der Waals surface area (Å²) in [6.07, 6.45) is 0. The molecule has 186 valence electrons. The number of aromatic nitrogens is 2. The van der Waals surface area contributed by atoms with Gasteiger partial charge in [0.1, 0.15) is 11.6 Å². The van der Waals surface area contributed by atoms with Gasteiger partial charge >= 0.3 is 0 Å². The average molecular weight is 504 g/mol. The van der Waals surface area contributed by atoms with Crippen LogP contribution in [0.5, 0.6) is 5.75 Å². The van der Waals surface area contributed by atoms with E-state index in [1.807, 2.05) is 27.7 Å². The van der Waals surface area contributed by atoms with Crippen LogP contribution in [0.1, 0.15) is 55.1 Å². The molecule has 2 aromatic carbocycles. The van der Waals surface area contributed by atoms with Crippen LogP contribution in [0, 0.1) is 11.7 Å². The normalized spacial score (nSPS) is 12.8. The fourth-order valence-electron chi connectivity index (χ4n) is 3.40. The third kappa shape index (κ3) is 6.00. The number of hydrogen-bond donors (Lipinski definition) is 1. The maximum Gasteiger partial charge on any atom is 0.262 e. The van der Waals surface area contributed by atoms with Crippen molar-refractivity contribution in [3.05, 3.63) is 58.9 Å². The number of ether oxygens (including phenoxy) is 1. The molecule has 0 saturated heterocycles. The molecule has 1 aromatic heterocycles. The van der Waals surface area contributed by atoms with E-state index in [0.717, 1.165) is 6.07 Å². The quantitative estimate of drug-likeness (QED) is 0.397. The summed E-state index contributed by atoms with van der Waals surface area (Å²) in [5.74, 6) is -1.81. The molecular formula is C26H30ClFN4O3. The van der Waals surface area contributed by atoms with Gasteiger partial charge in [0.25, 0.3) is 5.91 Å². The molecule has 9 heteroatoms. The molecule has 0 unspecified atom stereocenters. The summed E-state index contributed by atoms with van der Waals surface area (Å²) in [5, 5.41) is 6.90. The largest absolute Gasteiger partial charge is 0.491 e. The average Bonchev–Trinajstić information content (AvgIpc) is 3.20. The highest BCUT2D eigenvalue weighted by Crippen LogP contribution is 2.36. The highest BCUT2D eigenvalue weighted by atomic mass is 35.5. The maximum absolute atomic E-state index is 14.6. The van der Waals surface area contributed by atoms with Crippen molar-refractivity contribution in [3.63, 3.8) is 0 Å². The Morgan fingerprint density at radius 1 is 1.23 bits per heavy atom. The van der Waals surface area contributed by atoms with Gasteiger partial charge in [0, 0.05) is 35.7 Å². The number of nitrogens with zero attached hydrogens (tertiary/aromatic N) is 3. The Morgan fingerprint density at radius 2 is 1.97 bits per heavy atom. The van der Waals surface area contributed by atoms with Crippen molar-refractivity contribution in [2.24, 2.45) is 5.92 Å². The molecule has 1 heterocycles. The fraction of sp³-hybridized carbons (Fsp3) is 0.346. The van der Waals surface area contributed by atoms with Gasteiger partial charge in [0.2, 0.25) is 5.91 Å². The van der Waals surface area contributed by atoms with Crippen LogP contribution >= 0.6 is 11.6 Å². The third-order valence-electron chi connectivity index (χ3n) is 4.98. The Hall–Kier alpha value is -3.39. The number of hydrogen-bond acceptors (Lipinski definition) is 4. The maximum atomic E-state index is 14.6. The molecule has 1 N–H and O–H groups in total. The summed E-state index contributed by atoms with van der Waals surface area (Å²) in [6, 6.07) is 9.93.